The van der Waals surface area contributed by atoms with Gasteiger partial charge in [0.2, 0.25) is 0 Å². The molecule has 1 heterocycles. The van der Waals surface area contributed by atoms with Crippen molar-refractivity contribution in [3.05, 3.63) is 34.9 Å². The molecule has 1 aliphatic heterocycles. The molecule has 0 saturated carbocycles. The van der Waals surface area contributed by atoms with Crippen molar-refractivity contribution in [1.29, 1.82) is 0 Å². The Morgan fingerprint density at radius 2 is 1.86 bits per heavy atom. The highest BCUT2D eigenvalue weighted by Gasteiger charge is 2.24. The minimum atomic E-state index is -1.68. The molecular weight excluding hydrogens is 324 g/mol. The van der Waals surface area contributed by atoms with Crippen molar-refractivity contribution in [2.24, 2.45) is 5.92 Å². The Bertz CT molecular complexity index is 510. The largest absolute Gasteiger partial charge is 0.352 e. The van der Waals surface area contributed by atoms with Crippen LogP contribution in [0.15, 0.2) is 6.07 Å². The maximum Gasteiger partial charge on any atom is 0.257 e. The molecule has 1 aliphatic rings. The minimum absolute atomic E-state index is 0. The van der Waals surface area contributed by atoms with E-state index in [4.69, 9.17) is 0 Å². The number of hydrogen-bond donors (Lipinski definition) is 2. The van der Waals surface area contributed by atoms with Gasteiger partial charge < -0.3 is 10.6 Å². The standard InChI is InChI=1S/C14H16F4N2O.ClH/c15-9-6-10(16)13(18)11(12(9)17)14(21)20-5-3-8-2-1-4-19-7-8;/h6,8,19H,1-5,7H2,(H,20,21);1H. The predicted octanol–water partition coefficient (Wildman–Crippen LogP) is 2.78. The molecule has 1 unspecified atom stereocenters. The molecule has 22 heavy (non-hydrogen) atoms. The molecular formula is C14H17ClF4N2O. The Hall–Kier alpha value is -1.34. The third kappa shape index (κ3) is 4.33. The van der Waals surface area contributed by atoms with Gasteiger partial charge in [-0.15, -0.1) is 12.4 Å². The lowest BCUT2D eigenvalue weighted by atomic mass is 9.96. The lowest BCUT2D eigenvalue weighted by Crippen LogP contribution is -2.33. The third-order valence-electron chi connectivity index (χ3n) is 3.58. The second kappa shape index (κ2) is 8.33. The van der Waals surface area contributed by atoms with Gasteiger partial charge in [-0.05, 0) is 38.3 Å². The number of carbonyl (C=O) groups excluding carboxylic acids is 1. The van der Waals surface area contributed by atoms with E-state index in [1.807, 2.05) is 0 Å². The van der Waals surface area contributed by atoms with Crippen molar-refractivity contribution in [2.75, 3.05) is 19.6 Å². The first-order valence-electron chi connectivity index (χ1n) is 6.82. The van der Waals surface area contributed by atoms with Crippen LogP contribution in [0.25, 0.3) is 0 Å². The van der Waals surface area contributed by atoms with E-state index in [2.05, 4.69) is 10.6 Å². The van der Waals surface area contributed by atoms with Gasteiger partial charge in [0.05, 0.1) is 0 Å². The van der Waals surface area contributed by atoms with E-state index in [1.165, 1.54) is 0 Å². The van der Waals surface area contributed by atoms with Crippen LogP contribution in [0.1, 0.15) is 29.6 Å². The average molecular weight is 341 g/mol. The van der Waals surface area contributed by atoms with E-state index in [1.54, 1.807) is 0 Å². The second-order valence-corrected chi connectivity index (χ2v) is 5.10. The molecule has 124 valence electrons. The molecule has 1 fully saturated rings. The van der Waals surface area contributed by atoms with Crippen LogP contribution in [0.3, 0.4) is 0 Å². The van der Waals surface area contributed by atoms with E-state index in [9.17, 15) is 22.4 Å². The van der Waals surface area contributed by atoms with Gasteiger partial charge in [0.25, 0.3) is 5.91 Å². The lowest BCUT2D eigenvalue weighted by Gasteiger charge is -2.22. The molecule has 0 aromatic heterocycles. The molecule has 0 spiro atoms. The van der Waals surface area contributed by atoms with Crippen LogP contribution in [0.5, 0.6) is 0 Å². The normalized spacial score (nSPS) is 17.7. The molecule has 0 radical (unpaired) electrons. The molecule has 2 N–H and O–H groups in total. The second-order valence-electron chi connectivity index (χ2n) is 5.10. The van der Waals surface area contributed by atoms with Gasteiger partial charge in [0, 0.05) is 12.6 Å². The lowest BCUT2D eigenvalue weighted by molar-refractivity contribution is 0.0939. The first-order chi connectivity index (χ1) is 10.0. The Morgan fingerprint density at radius 1 is 1.23 bits per heavy atom. The molecule has 1 aromatic rings. The summed E-state index contributed by atoms with van der Waals surface area (Å²) in [4.78, 5) is 11.7. The first-order valence-corrected chi connectivity index (χ1v) is 6.82. The Balaban J connectivity index is 0.00000242. The van der Waals surface area contributed by atoms with Crippen molar-refractivity contribution >= 4 is 18.3 Å². The van der Waals surface area contributed by atoms with Crippen molar-refractivity contribution in [3.63, 3.8) is 0 Å². The number of rotatable bonds is 4. The van der Waals surface area contributed by atoms with E-state index in [-0.39, 0.29) is 25.0 Å². The van der Waals surface area contributed by atoms with Gasteiger partial charge in [-0.2, -0.15) is 0 Å². The van der Waals surface area contributed by atoms with Crippen LogP contribution in [0.2, 0.25) is 0 Å². The molecule has 3 nitrogen and oxygen atoms in total. The number of benzene rings is 1. The van der Waals surface area contributed by atoms with Gasteiger partial charge in [0.1, 0.15) is 5.56 Å². The van der Waals surface area contributed by atoms with E-state index < -0.39 is 34.7 Å². The quantitative estimate of drug-likeness (QED) is 0.653. The van der Waals surface area contributed by atoms with Gasteiger partial charge in [-0.1, -0.05) is 0 Å². The molecule has 1 saturated heterocycles. The monoisotopic (exact) mass is 340 g/mol. The number of halogens is 5. The Kier molecular flexibility index (Phi) is 7.09. The van der Waals surface area contributed by atoms with Gasteiger partial charge >= 0.3 is 0 Å². The zero-order valence-electron chi connectivity index (χ0n) is 11.7. The van der Waals surface area contributed by atoms with Crippen LogP contribution in [-0.4, -0.2) is 25.5 Å². The van der Waals surface area contributed by atoms with E-state index in [0.29, 0.717) is 12.3 Å². The highest BCUT2D eigenvalue weighted by molar-refractivity contribution is 5.94. The van der Waals surface area contributed by atoms with Crippen LogP contribution in [0.4, 0.5) is 17.6 Å². The SMILES string of the molecule is Cl.O=C(NCCC1CCCNC1)c1c(F)c(F)cc(F)c1F. The molecule has 1 amide bonds. The highest BCUT2D eigenvalue weighted by atomic mass is 35.5. The van der Waals surface area contributed by atoms with Gasteiger partial charge in [0.15, 0.2) is 23.3 Å². The van der Waals surface area contributed by atoms with Crippen molar-refractivity contribution < 1.29 is 22.4 Å². The maximum atomic E-state index is 13.4. The fraction of sp³-hybridized carbons (Fsp3) is 0.500. The topological polar surface area (TPSA) is 41.1 Å². The van der Waals surface area contributed by atoms with Crippen molar-refractivity contribution in [2.45, 2.75) is 19.3 Å². The number of hydrogen-bond acceptors (Lipinski definition) is 2. The van der Waals surface area contributed by atoms with Gasteiger partial charge in [-0.3, -0.25) is 4.79 Å². The fourth-order valence-electron chi connectivity index (χ4n) is 2.42. The predicted molar refractivity (Wildman–Crippen MR) is 76.1 cm³/mol. The maximum absolute atomic E-state index is 13.4. The summed E-state index contributed by atoms with van der Waals surface area (Å²) in [7, 11) is 0. The van der Waals surface area contributed by atoms with Gasteiger partial charge in [-0.25, -0.2) is 17.6 Å². The molecule has 1 atom stereocenters. The van der Waals surface area contributed by atoms with Crippen LogP contribution in [-0.2, 0) is 0 Å². The fourth-order valence-corrected chi connectivity index (χ4v) is 2.42. The Labute approximate surface area is 131 Å². The summed E-state index contributed by atoms with van der Waals surface area (Å²) in [6.45, 7) is 1.98. The summed E-state index contributed by atoms with van der Waals surface area (Å²) in [5.41, 5.74) is -1.21. The number of amides is 1. The summed E-state index contributed by atoms with van der Waals surface area (Å²) in [5.74, 6) is -7.30. The van der Waals surface area contributed by atoms with E-state index in [0.717, 1.165) is 25.9 Å². The molecule has 0 bridgehead atoms. The summed E-state index contributed by atoms with van der Waals surface area (Å²) < 4.78 is 52.9. The zero-order chi connectivity index (χ0) is 15.4. The zero-order valence-corrected chi connectivity index (χ0v) is 12.5. The van der Waals surface area contributed by atoms with Crippen LogP contribution < -0.4 is 10.6 Å². The number of carbonyl (C=O) groups is 1. The minimum Gasteiger partial charge on any atom is -0.352 e. The molecule has 1 aromatic carbocycles. The number of piperidine rings is 1. The highest BCUT2D eigenvalue weighted by Crippen LogP contribution is 2.19. The molecule has 8 heteroatoms. The molecule has 0 aliphatic carbocycles. The smallest absolute Gasteiger partial charge is 0.257 e. The Morgan fingerprint density at radius 3 is 2.41 bits per heavy atom. The van der Waals surface area contributed by atoms with Crippen LogP contribution in [0, 0.1) is 29.2 Å². The summed E-state index contributed by atoms with van der Waals surface area (Å²) in [5, 5.41) is 5.51. The van der Waals surface area contributed by atoms with E-state index >= 15 is 0 Å². The average Bonchev–Trinajstić information content (AvgIpc) is 2.46. The summed E-state index contributed by atoms with van der Waals surface area (Å²) in [6.07, 6.45) is 2.69. The van der Waals surface area contributed by atoms with Crippen molar-refractivity contribution in [1.82, 2.24) is 10.6 Å². The molecule has 2 rings (SSSR count). The number of nitrogens with one attached hydrogen (secondary N) is 2. The van der Waals surface area contributed by atoms with Crippen molar-refractivity contribution in [3.8, 4) is 0 Å². The summed E-state index contributed by atoms with van der Waals surface area (Å²) in [6, 6.07) is 0.0785. The van der Waals surface area contributed by atoms with Crippen LogP contribution >= 0.6 is 12.4 Å². The third-order valence-corrected chi connectivity index (χ3v) is 3.58. The first kappa shape index (κ1) is 18.7. The summed E-state index contributed by atoms with van der Waals surface area (Å²) >= 11 is 0.